The van der Waals surface area contributed by atoms with Crippen LogP contribution in [0, 0.1) is 0 Å². The molecule has 0 saturated carbocycles. The minimum atomic E-state index is 0.325. The van der Waals surface area contributed by atoms with Crippen molar-refractivity contribution in [1.82, 2.24) is 9.97 Å². The van der Waals surface area contributed by atoms with Crippen LogP contribution in [-0.2, 0) is 6.42 Å². The molecule has 19 heavy (non-hydrogen) atoms. The van der Waals surface area contributed by atoms with Gasteiger partial charge in [-0.3, -0.25) is 9.97 Å². The number of aromatic nitrogens is 2. The van der Waals surface area contributed by atoms with Gasteiger partial charge in [-0.2, -0.15) is 0 Å². The smallest absolute Gasteiger partial charge is 0.124 e. The van der Waals surface area contributed by atoms with Crippen LogP contribution in [0.5, 0.6) is 0 Å². The van der Waals surface area contributed by atoms with Crippen LogP contribution in [0.15, 0.2) is 42.9 Å². The molecule has 0 aliphatic heterocycles. The highest BCUT2D eigenvalue weighted by molar-refractivity contribution is 7.80. The maximum atomic E-state index is 5.69. The Bertz CT molecular complexity index is 556. The predicted octanol–water partition coefficient (Wildman–Crippen LogP) is 1.79. The maximum Gasteiger partial charge on any atom is 0.124 e. The molecule has 2 aromatic heterocycles. The summed E-state index contributed by atoms with van der Waals surface area (Å²) in [5.41, 5.74) is 8.58. The zero-order valence-electron chi connectivity index (χ0n) is 10.8. The Labute approximate surface area is 118 Å². The van der Waals surface area contributed by atoms with Crippen LogP contribution in [0.3, 0.4) is 0 Å². The SMILES string of the molecule is CN(CCc1ccncc1)c1cccnc1C(N)=S. The first kappa shape index (κ1) is 13.4. The van der Waals surface area contributed by atoms with Crippen molar-refractivity contribution in [2.75, 3.05) is 18.5 Å². The van der Waals surface area contributed by atoms with E-state index in [0.29, 0.717) is 10.7 Å². The number of rotatable bonds is 5. The van der Waals surface area contributed by atoms with Gasteiger partial charge >= 0.3 is 0 Å². The second-order valence-corrected chi connectivity index (χ2v) is 4.70. The van der Waals surface area contributed by atoms with Gasteiger partial charge in [-0.05, 0) is 36.2 Å². The lowest BCUT2D eigenvalue weighted by Crippen LogP contribution is -2.24. The van der Waals surface area contributed by atoms with Crippen LogP contribution in [0.4, 0.5) is 5.69 Å². The molecule has 0 aromatic carbocycles. The molecule has 2 aromatic rings. The Hall–Kier alpha value is -2.01. The number of nitrogens with zero attached hydrogens (tertiary/aromatic N) is 3. The quantitative estimate of drug-likeness (QED) is 0.841. The summed E-state index contributed by atoms with van der Waals surface area (Å²) in [6.07, 6.45) is 6.25. The van der Waals surface area contributed by atoms with Crippen LogP contribution < -0.4 is 10.6 Å². The van der Waals surface area contributed by atoms with Crippen LogP contribution in [-0.4, -0.2) is 28.5 Å². The first-order valence-electron chi connectivity index (χ1n) is 6.03. The van der Waals surface area contributed by atoms with Crippen molar-refractivity contribution in [3.63, 3.8) is 0 Å². The molecule has 0 radical (unpaired) electrons. The van der Waals surface area contributed by atoms with Gasteiger partial charge in [0.2, 0.25) is 0 Å². The molecule has 2 N–H and O–H groups in total. The van der Waals surface area contributed by atoms with E-state index in [0.717, 1.165) is 18.7 Å². The van der Waals surface area contributed by atoms with E-state index in [-0.39, 0.29) is 0 Å². The second-order valence-electron chi connectivity index (χ2n) is 4.26. The van der Waals surface area contributed by atoms with Crippen molar-refractivity contribution in [2.45, 2.75) is 6.42 Å². The molecule has 0 bridgehead atoms. The van der Waals surface area contributed by atoms with Gasteiger partial charge in [0.25, 0.3) is 0 Å². The van der Waals surface area contributed by atoms with Crippen molar-refractivity contribution in [3.8, 4) is 0 Å². The number of hydrogen-bond acceptors (Lipinski definition) is 4. The predicted molar refractivity (Wildman–Crippen MR) is 81.3 cm³/mol. The average molecular weight is 272 g/mol. The number of hydrogen-bond donors (Lipinski definition) is 1. The topological polar surface area (TPSA) is 55.0 Å². The summed E-state index contributed by atoms with van der Waals surface area (Å²) >= 11 is 5.03. The fourth-order valence-electron chi connectivity index (χ4n) is 1.86. The number of thiocarbonyl (C=S) groups is 1. The Morgan fingerprint density at radius 3 is 2.68 bits per heavy atom. The molecule has 0 fully saturated rings. The summed E-state index contributed by atoms with van der Waals surface area (Å²) in [5, 5.41) is 0. The molecule has 0 amide bonds. The van der Waals surface area contributed by atoms with E-state index < -0.39 is 0 Å². The second kappa shape index (κ2) is 6.24. The standard InChI is InChI=1S/C14H16N4S/c1-18(10-6-11-4-8-16-9-5-11)12-3-2-7-17-13(12)14(15)19/h2-5,7-9H,6,10H2,1H3,(H2,15,19). The van der Waals surface area contributed by atoms with E-state index in [1.165, 1.54) is 5.56 Å². The van der Waals surface area contributed by atoms with Gasteiger partial charge in [0.05, 0.1) is 5.69 Å². The molecule has 98 valence electrons. The van der Waals surface area contributed by atoms with Gasteiger partial charge in [-0.25, -0.2) is 0 Å². The zero-order valence-corrected chi connectivity index (χ0v) is 11.6. The minimum Gasteiger partial charge on any atom is -0.388 e. The highest BCUT2D eigenvalue weighted by atomic mass is 32.1. The van der Waals surface area contributed by atoms with E-state index >= 15 is 0 Å². The maximum absolute atomic E-state index is 5.69. The first-order valence-corrected chi connectivity index (χ1v) is 6.44. The van der Waals surface area contributed by atoms with Crippen molar-refractivity contribution >= 4 is 22.9 Å². The fraction of sp³-hybridized carbons (Fsp3) is 0.214. The Morgan fingerprint density at radius 1 is 1.26 bits per heavy atom. The monoisotopic (exact) mass is 272 g/mol. The summed E-state index contributed by atoms with van der Waals surface area (Å²) in [5.74, 6) is 0. The minimum absolute atomic E-state index is 0.325. The molecular formula is C14H16N4S. The molecular weight excluding hydrogens is 256 g/mol. The summed E-state index contributed by atoms with van der Waals surface area (Å²) in [6.45, 7) is 0.866. The summed E-state index contributed by atoms with van der Waals surface area (Å²) in [7, 11) is 2.01. The van der Waals surface area contributed by atoms with E-state index in [1.54, 1.807) is 18.6 Å². The molecule has 2 heterocycles. The fourth-order valence-corrected chi connectivity index (χ4v) is 2.02. The lowest BCUT2D eigenvalue weighted by atomic mass is 10.2. The van der Waals surface area contributed by atoms with Gasteiger partial charge in [-0.15, -0.1) is 0 Å². The van der Waals surface area contributed by atoms with Crippen LogP contribution in [0.2, 0.25) is 0 Å². The third kappa shape index (κ3) is 3.48. The summed E-state index contributed by atoms with van der Waals surface area (Å²) < 4.78 is 0. The number of pyridine rings is 2. The zero-order chi connectivity index (χ0) is 13.7. The van der Waals surface area contributed by atoms with E-state index in [4.69, 9.17) is 18.0 Å². The molecule has 0 unspecified atom stereocenters. The van der Waals surface area contributed by atoms with Crippen molar-refractivity contribution in [1.29, 1.82) is 0 Å². The van der Waals surface area contributed by atoms with Gasteiger partial charge in [-0.1, -0.05) is 12.2 Å². The third-order valence-electron chi connectivity index (χ3n) is 2.92. The summed E-state index contributed by atoms with van der Waals surface area (Å²) in [6, 6.07) is 7.91. The highest BCUT2D eigenvalue weighted by Gasteiger charge is 2.10. The van der Waals surface area contributed by atoms with Crippen molar-refractivity contribution < 1.29 is 0 Å². The third-order valence-corrected chi connectivity index (χ3v) is 3.11. The van der Waals surface area contributed by atoms with Gasteiger partial charge in [0.1, 0.15) is 10.7 Å². The Morgan fingerprint density at radius 2 is 2.00 bits per heavy atom. The highest BCUT2D eigenvalue weighted by Crippen LogP contribution is 2.17. The van der Waals surface area contributed by atoms with E-state index in [9.17, 15) is 0 Å². The van der Waals surface area contributed by atoms with Gasteiger partial charge in [0, 0.05) is 32.2 Å². The molecule has 0 aliphatic rings. The molecule has 2 rings (SSSR count). The van der Waals surface area contributed by atoms with E-state index in [2.05, 4.69) is 14.9 Å². The molecule has 0 atom stereocenters. The molecule has 0 saturated heterocycles. The first-order chi connectivity index (χ1) is 9.18. The average Bonchev–Trinajstić information content (AvgIpc) is 2.46. The Balaban J connectivity index is 2.08. The van der Waals surface area contributed by atoms with Crippen LogP contribution in [0.25, 0.3) is 0 Å². The number of nitrogens with two attached hydrogens (primary N) is 1. The van der Waals surface area contributed by atoms with Crippen LogP contribution >= 0.6 is 12.2 Å². The lowest BCUT2D eigenvalue weighted by molar-refractivity contribution is 0.870. The molecule has 0 spiro atoms. The number of anilines is 1. The van der Waals surface area contributed by atoms with E-state index in [1.807, 2.05) is 31.3 Å². The molecule has 0 aliphatic carbocycles. The Kier molecular flexibility index (Phi) is 4.41. The summed E-state index contributed by atoms with van der Waals surface area (Å²) in [4.78, 5) is 10.7. The number of likely N-dealkylation sites (N-methyl/N-ethyl adjacent to an activating group) is 1. The molecule has 4 nitrogen and oxygen atoms in total. The van der Waals surface area contributed by atoms with Crippen LogP contribution in [0.1, 0.15) is 11.3 Å². The van der Waals surface area contributed by atoms with Gasteiger partial charge < -0.3 is 10.6 Å². The van der Waals surface area contributed by atoms with Gasteiger partial charge in [0.15, 0.2) is 0 Å². The normalized spacial score (nSPS) is 10.2. The molecule has 5 heteroatoms. The van der Waals surface area contributed by atoms with Crippen molar-refractivity contribution in [2.24, 2.45) is 5.73 Å². The van der Waals surface area contributed by atoms with Crippen molar-refractivity contribution in [3.05, 3.63) is 54.1 Å². The lowest BCUT2D eigenvalue weighted by Gasteiger charge is -2.21. The largest absolute Gasteiger partial charge is 0.388 e.